The maximum atomic E-state index is 4.83. The molecule has 0 spiro atoms. The third kappa shape index (κ3) is 1.31. The van der Waals surface area contributed by atoms with E-state index in [4.69, 9.17) is 4.98 Å². The lowest BCUT2D eigenvalue weighted by Crippen LogP contribution is -2.02. The maximum Gasteiger partial charge on any atom is 0.0751 e. The molecule has 0 saturated heterocycles. The zero-order valence-corrected chi connectivity index (χ0v) is 10.1. The summed E-state index contributed by atoms with van der Waals surface area (Å²) in [6.45, 7) is 0. The minimum absolute atomic E-state index is 1.10. The molecule has 0 atom stereocenters. The Labute approximate surface area is 106 Å². The smallest absolute Gasteiger partial charge is 0.0751 e. The van der Waals surface area contributed by atoms with Crippen molar-refractivity contribution >= 4 is 0 Å². The fraction of sp³-hybridized carbons (Fsp3) is 0.118. The highest BCUT2D eigenvalue weighted by molar-refractivity contribution is 5.81. The van der Waals surface area contributed by atoms with Crippen LogP contribution in [0.2, 0.25) is 0 Å². The highest BCUT2D eigenvalue weighted by Crippen LogP contribution is 2.39. The van der Waals surface area contributed by atoms with Crippen LogP contribution in [0.4, 0.5) is 0 Å². The molecule has 1 aromatic rings. The van der Waals surface area contributed by atoms with Crippen LogP contribution in [0, 0.1) is 0 Å². The van der Waals surface area contributed by atoms with Gasteiger partial charge < -0.3 is 0 Å². The summed E-state index contributed by atoms with van der Waals surface area (Å²) in [5, 5.41) is 0. The van der Waals surface area contributed by atoms with E-state index in [-0.39, 0.29) is 0 Å². The van der Waals surface area contributed by atoms with E-state index in [9.17, 15) is 0 Å². The summed E-state index contributed by atoms with van der Waals surface area (Å²) in [6, 6.07) is 19.2. The number of rotatable bonds is 0. The largest absolute Gasteiger partial charge is 0.247 e. The molecule has 18 heavy (non-hydrogen) atoms. The molecule has 86 valence electrons. The van der Waals surface area contributed by atoms with Gasteiger partial charge in [0.05, 0.1) is 11.4 Å². The van der Waals surface area contributed by atoms with E-state index in [1.165, 1.54) is 27.9 Å². The summed E-state index contributed by atoms with van der Waals surface area (Å²) in [5.41, 5.74) is 7.78. The van der Waals surface area contributed by atoms with E-state index in [0.29, 0.717) is 0 Å². The van der Waals surface area contributed by atoms with E-state index in [0.717, 1.165) is 18.5 Å². The Morgan fingerprint density at radius 3 is 2.50 bits per heavy atom. The van der Waals surface area contributed by atoms with Gasteiger partial charge in [0.25, 0.3) is 0 Å². The highest BCUT2D eigenvalue weighted by atomic mass is 14.7. The molecule has 1 nitrogen and oxygen atoms in total. The number of hydrogen-bond acceptors (Lipinski definition) is 1. The fourth-order valence-corrected chi connectivity index (χ4v) is 2.91. The molecule has 1 aromatic carbocycles. The van der Waals surface area contributed by atoms with Crippen molar-refractivity contribution in [3.05, 3.63) is 65.7 Å². The molecule has 1 heteroatoms. The number of fused-ring (bicyclic) bond motifs is 5. The summed E-state index contributed by atoms with van der Waals surface area (Å²) < 4.78 is 0. The molecule has 2 aliphatic carbocycles. The first-order chi connectivity index (χ1) is 8.93. The van der Waals surface area contributed by atoms with Crippen LogP contribution in [0.1, 0.15) is 11.1 Å². The SMILES string of the molecule is c1ccc2nc3c(c-2cc1)CCc1ccccc1-3. The van der Waals surface area contributed by atoms with Crippen LogP contribution < -0.4 is 0 Å². The average Bonchev–Trinajstić information content (AvgIpc) is 2.61. The molecule has 0 aromatic heterocycles. The van der Waals surface area contributed by atoms with Crippen molar-refractivity contribution in [3.8, 4) is 22.5 Å². The van der Waals surface area contributed by atoms with Crippen molar-refractivity contribution in [1.82, 2.24) is 4.98 Å². The predicted octanol–water partition coefficient (Wildman–Crippen LogP) is 3.95. The molecule has 3 aliphatic rings. The van der Waals surface area contributed by atoms with Crippen molar-refractivity contribution in [1.29, 1.82) is 0 Å². The van der Waals surface area contributed by atoms with Gasteiger partial charge in [-0.05, 0) is 30.0 Å². The van der Waals surface area contributed by atoms with Crippen LogP contribution >= 0.6 is 0 Å². The van der Waals surface area contributed by atoms with Gasteiger partial charge in [-0.3, -0.25) is 0 Å². The molecule has 0 saturated carbocycles. The van der Waals surface area contributed by atoms with Crippen molar-refractivity contribution in [2.45, 2.75) is 12.8 Å². The first-order valence-electron chi connectivity index (χ1n) is 6.39. The number of aromatic nitrogens is 1. The monoisotopic (exact) mass is 231 g/mol. The van der Waals surface area contributed by atoms with Gasteiger partial charge in [0.2, 0.25) is 0 Å². The summed E-state index contributed by atoms with van der Waals surface area (Å²) >= 11 is 0. The molecule has 0 fully saturated rings. The lowest BCUT2D eigenvalue weighted by atomic mass is 9.88. The second-order valence-electron chi connectivity index (χ2n) is 4.81. The van der Waals surface area contributed by atoms with Crippen LogP contribution in [0.3, 0.4) is 0 Å². The molecule has 0 radical (unpaired) electrons. The zero-order chi connectivity index (χ0) is 11.9. The van der Waals surface area contributed by atoms with Crippen LogP contribution in [0.15, 0.2) is 54.6 Å². The molecule has 0 unspecified atom stereocenters. The van der Waals surface area contributed by atoms with Crippen molar-refractivity contribution in [2.75, 3.05) is 0 Å². The zero-order valence-electron chi connectivity index (χ0n) is 10.1. The number of aryl methyl sites for hydroxylation is 1. The molecule has 0 amide bonds. The topological polar surface area (TPSA) is 12.9 Å². The summed E-state index contributed by atoms with van der Waals surface area (Å²) in [4.78, 5) is 4.83. The minimum atomic E-state index is 1.10. The van der Waals surface area contributed by atoms with Crippen LogP contribution in [-0.2, 0) is 12.8 Å². The van der Waals surface area contributed by atoms with E-state index in [1.54, 1.807) is 0 Å². The molecule has 0 N–H and O–H groups in total. The molecular formula is C17H13N. The van der Waals surface area contributed by atoms with E-state index >= 15 is 0 Å². The van der Waals surface area contributed by atoms with Gasteiger partial charge >= 0.3 is 0 Å². The van der Waals surface area contributed by atoms with Crippen molar-refractivity contribution < 1.29 is 0 Å². The van der Waals surface area contributed by atoms with Crippen molar-refractivity contribution in [3.63, 3.8) is 0 Å². The van der Waals surface area contributed by atoms with Gasteiger partial charge in [0.15, 0.2) is 0 Å². The van der Waals surface area contributed by atoms with E-state index in [1.807, 2.05) is 0 Å². The van der Waals surface area contributed by atoms with Crippen LogP contribution in [0.5, 0.6) is 0 Å². The molecule has 0 bridgehead atoms. The lowest BCUT2D eigenvalue weighted by molar-refractivity contribution is 0.944. The van der Waals surface area contributed by atoms with Crippen LogP contribution in [-0.4, -0.2) is 4.98 Å². The predicted molar refractivity (Wildman–Crippen MR) is 73.7 cm³/mol. The number of hydrogen-bond donors (Lipinski definition) is 0. The van der Waals surface area contributed by atoms with E-state index in [2.05, 4.69) is 54.6 Å². The van der Waals surface area contributed by atoms with Gasteiger partial charge in [0, 0.05) is 11.1 Å². The van der Waals surface area contributed by atoms with Crippen molar-refractivity contribution in [2.24, 2.45) is 0 Å². The first kappa shape index (κ1) is 9.84. The van der Waals surface area contributed by atoms with Crippen LogP contribution in [0.25, 0.3) is 22.5 Å². The normalized spacial score (nSPS) is 13.1. The second-order valence-corrected chi connectivity index (χ2v) is 4.81. The first-order valence-corrected chi connectivity index (χ1v) is 6.39. The maximum absolute atomic E-state index is 4.83. The Morgan fingerprint density at radius 1 is 0.722 bits per heavy atom. The highest BCUT2D eigenvalue weighted by Gasteiger charge is 2.23. The Hall–Kier alpha value is -2.15. The lowest BCUT2D eigenvalue weighted by Gasteiger charge is -2.15. The minimum Gasteiger partial charge on any atom is -0.247 e. The van der Waals surface area contributed by atoms with Gasteiger partial charge in [0.1, 0.15) is 0 Å². The van der Waals surface area contributed by atoms with Gasteiger partial charge in [-0.1, -0.05) is 48.5 Å². The summed E-state index contributed by atoms with van der Waals surface area (Å²) in [7, 11) is 0. The summed E-state index contributed by atoms with van der Waals surface area (Å²) in [6.07, 6.45) is 2.23. The number of nitrogens with zero attached hydrogens (tertiary/aromatic N) is 1. The Balaban J connectivity index is 2.06. The Kier molecular flexibility index (Phi) is 2.01. The quantitative estimate of drug-likeness (QED) is 0.571. The fourth-order valence-electron chi connectivity index (χ4n) is 2.91. The molecule has 4 rings (SSSR count). The summed E-state index contributed by atoms with van der Waals surface area (Å²) in [5.74, 6) is 0. The Morgan fingerprint density at radius 2 is 1.50 bits per heavy atom. The molecule has 1 aliphatic heterocycles. The number of benzene rings is 1. The van der Waals surface area contributed by atoms with E-state index < -0.39 is 0 Å². The average molecular weight is 231 g/mol. The third-order valence-electron chi connectivity index (χ3n) is 3.78. The molecular weight excluding hydrogens is 218 g/mol. The molecule has 1 heterocycles. The third-order valence-corrected chi connectivity index (χ3v) is 3.78. The van der Waals surface area contributed by atoms with Gasteiger partial charge in [-0.25, -0.2) is 4.98 Å². The van der Waals surface area contributed by atoms with Gasteiger partial charge in [-0.15, -0.1) is 0 Å². The Bertz CT molecular complexity index is 700. The van der Waals surface area contributed by atoms with Gasteiger partial charge in [-0.2, -0.15) is 0 Å². The second kappa shape index (κ2) is 3.67. The standard InChI is InChI=1S/C17H13N/c1-2-8-14-15-11-10-12-6-4-5-7-13(12)17(15)18-16(14)9-3-1/h1-9H,10-11H2.